The minimum Gasteiger partial charge on any atom is -0.378 e. The zero-order valence-electron chi connectivity index (χ0n) is 15.6. The van der Waals surface area contributed by atoms with Gasteiger partial charge in [-0.05, 0) is 31.2 Å². The van der Waals surface area contributed by atoms with Crippen LogP contribution in [0.15, 0.2) is 24.3 Å². The van der Waals surface area contributed by atoms with E-state index in [9.17, 15) is 4.79 Å². The van der Waals surface area contributed by atoms with Gasteiger partial charge < -0.3 is 15.1 Å². The SMILES string of the molecule is CCCC(=O)NC[C@@H](c1ccc(N(C)C)cc1)N1CCN(C)CC1. The molecule has 0 unspecified atom stereocenters. The number of piperazine rings is 1. The van der Waals surface area contributed by atoms with Gasteiger partial charge in [-0.25, -0.2) is 0 Å². The fourth-order valence-electron chi connectivity index (χ4n) is 3.11. The highest BCUT2D eigenvalue weighted by Gasteiger charge is 2.24. The monoisotopic (exact) mass is 332 g/mol. The normalized spacial score (nSPS) is 17.5. The predicted octanol–water partition coefficient (Wildman–Crippen LogP) is 1.96. The van der Waals surface area contributed by atoms with E-state index in [2.05, 4.69) is 65.4 Å². The number of rotatable bonds is 7. The molecule has 1 atom stereocenters. The molecule has 1 aromatic rings. The number of carbonyl (C=O) groups excluding carboxylic acids is 1. The van der Waals surface area contributed by atoms with E-state index < -0.39 is 0 Å². The molecule has 2 rings (SSSR count). The van der Waals surface area contributed by atoms with Crippen molar-refractivity contribution in [2.45, 2.75) is 25.8 Å². The molecule has 1 N–H and O–H groups in total. The van der Waals surface area contributed by atoms with Crippen LogP contribution in [0.25, 0.3) is 0 Å². The molecule has 0 bridgehead atoms. The van der Waals surface area contributed by atoms with Gasteiger partial charge >= 0.3 is 0 Å². The molecule has 5 heteroatoms. The molecular weight excluding hydrogens is 300 g/mol. The molecule has 0 saturated carbocycles. The lowest BCUT2D eigenvalue weighted by Gasteiger charge is -2.38. The molecule has 1 aliphatic heterocycles. The molecule has 5 nitrogen and oxygen atoms in total. The van der Waals surface area contributed by atoms with Crippen LogP contribution >= 0.6 is 0 Å². The molecule has 0 aliphatic carbocycles. The van der Waals surface area contributed by atoms with Crippen LogP contribution in [0, 0.1) is 0 Å². The molecule has 1 aromatic carbocycles. The zero-order valence-corrected chi connectivity index (χ0v) is 15.6. The number of amides is 1. The van der Waals surface area contributed by atoms with Crippen molar-refractivity contribution in [2.75, 3.05) is 58.8 Å². The Morgan fingerprint density at radius 1 is 1.17 bits per heavy atom. The number of hydrogen-bond donors (Lipinski definition) is 1. The Morgan fingerprint density at radius 3 is 2.33 bits per heavy atom. The molecular formula is C19H32N4O. The van der Waals surface area contributed by atoms with Crippen LogP contribution in [0.4, 0.5) is 5.69 Å². The van der Waals surface area contributed by atoms with Gasteiger partial charge in [0.2, 0.25) is 5.91 Å². The van der Waals surface area contributed by atoms with Crippen LogP contribution in [0.1, 0.15) is 31.4 Å². The van der Waals surface area contributed by atoms with Crippen molar-refractivity contribution in [1.82, 2.24) is 15.1 Å². The summed E-state index contributed by atoms with van der Waals surface area (Å²) in [6, 6.07) is 8.96. The van der Waals surface area contributed by atoms with Crippen molar-refractivity contribution in [3.63, 3.8) is 0 Å². The van der Waals surface area contributed by atoms with Crippen LogP contribution in [-0.4, -0.2) is 69.6 Å². The Hall–Kier alpha value is -1.59. The molecule has 1 aliphatic rings. The van der Waals surface area contributed by atoms with Gasteiger partial charge in [0.25, 0.3) is 0 Å². The highest BCUT2D eigenvalue weighted by atomic mass is 16.1. The second-order valence-corrected chi connectivity index (χ2v) is 6.90. The smallest absolute Gasteiger partial charge is 0.220 e. The third kappa shape index (κ3) is 5.21. The second-order valence-electron chi connectivity index (χ2n) is 6.90. The third-order valence-corrected chi connectivity index (χ3v) is 4.74. The topological polar surface area (TPSA) is 38.8 Å². The Labute approximate surface area is 146 Å². The first-order chi connectivity index (χ1) is 11.5. The van der Waals surface area contributed by atoms with Gasteiger partial charge in [-0.3, -0.25) is 9.69 Å². The lowest BCUT2D eigenvalue weighted by Crippen LogP contribution is -2.48. The van der Waals surface area contributed by atoms with Crippen molar-refractivity contribution in [1.29, 1.82) is 0 Å². The van der Waals surface area contributed by atoms with Gasteiger partial charge in [0.15, 0.2) is 0 Å². The Morgan fingerprint density at radius 2 is 1.79 bits per heavy atom. The molecule has 0 aromatic heterocycles. The first-order valence-corrected chi connectivity index (χ1v) is 8.97. The first-order valence-electron chi connectivity index (χ1n) is 8.97. The summed E-state index contributed by atoms with van der Waals surface area (Å²) in [4.78, 5) is 18.9. The standard InChI is InChI=1S/C19H32N4O/c1-5-6-19(24)20-15-18(23-13-11-22(4)12-14-23)16-7-9-17(10-8-16)21(2)3/h7-10,18H,5-6,11-15H2,1-4H3,(H,20,24)/t18-/m0/s1. The van der Waals surface area contributed by atoms with Crippen molar-refractivity contribution >= 4 is 11.6 Å². The maximum atomic E-state index is 11.9. The number of benzene rings is 1. The second kappa shape index (κ2) is 9.04. The average molecular weight is 332 g/mol. The van der Waals surface area contributed by atoms with E-state index >= 15 is 0 Å². The summed E-state index contributed by atoms with van der Waals surface area (Å²) in [6.07, 6.45) is 1.50. The minimum absolute atomic E-state index is 0.154. The molecule has 1 saturated heterocycles. The Balaban J connectivity index is 2.10. The van der Waals surface area contributed by atoms with Gasteiger partial charge in [-0.2, -0.15) is 0 Å². The largest absolute Gasteiger partial charge is 0.378 e. The van der Waals surface area contributed by atoms with Gasteiger partial charge in [0, 0.05) is 58.9 Å². The molecule has 1 heterocycles. The van der Waals surface area contributed by atoms with Crippen molar-refractivity contribution in [3.05, 3.63) is 29.8 Å². The van der Waals surface area contributed by atoms with E-state index in [1.54, 1.807) is 0 Å². The summed E-state index contributed by atoms with van der Waals surface area (Å²) in [5.74, 6) is 0.154. The van der Waals surface area contributed by atoms with E-state index in [4.69, 9.17) is 0 Å². The fourth-order valence-corrected chi connectivity index (χ4v) is 3.11. The fraction of sp³-hybridized carbons (Fsp3) is 0.632. The number of carbonyl (C=O) groups is 1. The number of anilines is 1. The number of hydrogen-bond acceptors (Lipinski definition) is 4. The summed E-state index contributed by atoms with van der Waals surface area (Å²) in [5.41, 5.74) is 2.48. The van der Waals surface area contributed by atoms with Gasteiger partial charge in [0.05, 0.1) is 6.04 Å². The van der Waals surface area contributed by atoms with E-state index in [0.29, 0.717) is 13.0 Å². The van der Waals surface area contributed by atoms with Gasteiger partial charge in [-0.1, -0.05) is 19.1 Å². The molecule has 1 fully saturated rings. The van der Waals surface area contributed by atoms with Gasteiger partial charge in [-0.15, -0.1) is 0 Å². The number of nitrogens with zero attached hydrogens (tertiary/aromatic N) is 3. The van der Waals surface area contributed by atoms with Crippen LogP contribution in [0.5, 0.6) is 0 Å². The number of nitrogens with one attached hydrogen (secondary N) is 1. The Kier molecular flexibility index (Phi) is 7.06. The van der Waals surface area contributed by atoms with Crippen molar-refractivity contribution in [3.8, 4) is 0 Å². The van der Waals surface area contributed by atoms with Crippen LogP contribution in [-0.2, 0) is 4.79 Å². The highest BCUT2D eigenvalue weighted by Crippen LogP contribution is 2.24. The Bertz CT molecular complexity index is 507. The quantitative estimate of drug-likeness (QED) is 0.828. The lowest BCUT2D eigenvalue weighted by molar-refractivity contribution is -0.121. The predicted molar refractivity (Wildman–Crippen MR) is 100 cm³/mol. The van der Waals surface area contributed by atoms with Gasteiger partial charge in [0.1, 0.15) is 0 Å². The number of likely N-dealkylation sites (N-methyl/N-ethyl adjacent to an activating group) is 1. The molecule has 1 amide bonds. The molecule has 24 heavy (non-hydrogen) atoms. The van der Waals surface area contributed by atoms with E-state index in [-0.39, 0.29) is 11.9 Å². The molecule has 0 spiro atoms. The minimum atomic E-state index is 0.154. The third-order valence-electron chi connectivity index (χ3n) is 4.74. The maximum Gasteiger partial charge on any atom is 0.220 e. The summed E-state index contributed by atoms with van der Waals surface area (Å²) < 4.78 is 0. The van der Waals surface area contributed by atoms with Crippen LogP contribution < -0.4 is 10.2 Å². The van der Waals surface area contributed by atoms with Crippen LogP contribution in [0.2, 0.25) is 0 Å². The van der Waals surface area contributed by atoms with E-state index in [1.807, 2.05) is 6.92 Å². The molecule has 134 valence electrons. The summed E-state index contributed by atoms with van der Waals surface area (Å²) in [7, 11) is 6.27. The van der Waals surface area contributed by atoms with Crippen molar-refractivity contribution < 1.29 is 4.79 Å². The zero-order chi connectivity index (χ0) is 17.5. The van der Waals surface area contributed by atoms with Crippen molar-refractivity contribution in [2.24, 2.45) is 0 Å². The lowest BCUT2D eigenvalue weighted by atomic mass is 10.0. The summed E-state index contributed by atoms with van der Waals surface area (Å²) >= 11 is 0. The highest BCUT2D eigenvalue weighted by molar-refractivity contribution is 5.75. The average Bonchev–Trinajstić information content (AvgIpc) is 2.57. The molecule has 0 radical (unpaired) electrons. The van der Waals surface area contributed by atoms with E-state index in [1.165, 1.54) is 11.3 Å². The van der Waals surface area contributed by atoms with Crippen LogP contribution in [0.3, 0.4) is 0 Å². The summed E-state index contributed by atoms with van der Waals surface area (Å²) in [6.45, 7) is 6.96. The summed E-state index contributed by atoms with van der Waals surface area (Å²) in [5, 5.41) is 3.12. The first kappa shape index (κ1) is 18.7. The van der Waals surface area contributed by atoms with E-state index in [0.717, 1.165) is 32.6 Å². The maximum absolute atomic E-state index is 11.9.